The van der Waals surface area contributed by atoms with E-state index >= 15 is 0 Å². The van der Waals surface area contributed by atoms with Gasteiger partial charge in [-0.15, -0.1) is 0 Å². The molecule has 72 valence electrons. The van der Waals surface area contributed by atoms with E-state index in [1.54, 1.807) is 6.20 Å². The van der Waals surface area contributed by atoms with Crippen molar-refractivity contribution in [2.24, 2.45) is 0 Å². The fraction of sp³-hybridized carbons (Fsp3) is 0.444. The summed E-state index contributed by atoms with van der Waals surface area (Å²) in [6, 6.07) is 3.88. The van der Waals surface area contributed by atoms with Crippen molar-refractivity contribution in [2.75, 3.05) is 24.6 Å². The molecule has 1 rings (SSSR count). The number of rotatable bonds is 4. The van der Waals surface area contributed by atoms with E-state index in [0.29, 0.717) is 6.54 Å². The van der Waals surface area contributed by atoms with Crippen molar-refractivity contribution in [3.8, 4) is 0 Å². The molecule has 0 saturated carbocycles. The number of nitrogens with zero attached hydrogens (tertiary/aromatic N) is 2. The van der Waals surface area contributed by atoms with E-state index in [1.165, 1.54) is 0 Å². The quantitative estimate of drug-likeness (QED) is 0.876. The summed E-state index contributed by atoms with van der Waals surface area (Å²) in [4.78, 5) is 6.26. The predicted molar refractivity (Wildman–Crippen MR) is 56.9 cm³/mol. The molecule has 13 heavy (non-hydrogen) atoms. The van der Waals surface area contributed by atoms with Crippen molar-refractivity contribution in [3.05, 3.63) is 22.8 Å². The number of halogens is 1. The average Bonchev–Trinajstić information content (AvgIpc) is 2.16. The Labute approximate surface area is 86.5 Å². The van der Waals surface area contributed by atoms with E-state index in [1.807, 2.05) is 24.0 Å². The molecule has 1 N–H and O–H groups in total. The first-order valence-corrected chi connectivity index (χ1v) is 5.04. The van der Waals surface area contributed by atoms with Gasteiger partial charge in [0.15, 0.2) is 0 Å². The molecule has 0 spiro atoms. The number of hydrogen-bond acceptors (Lipinski definition) is 3. The minimum Gasteiger partial charge on any atom is -0.395 e. The van der Waals surface area contributed by atoms with E-state index in [-0.39, 0.29) is 6.61 Å². The maximum atomic E-state index is 8.80. The van der Waals surface area contributed by atoms with Gasteiger partial charge >= 0.3 is 0 Å². The lowest BCUT2D eigenvalue weighted by Crippen LogP contribution is -2.26. The van der Waals surface area contributed by atoms with E-state index in [9.17, 15) is 0 Å². The van der Waals surface area contributed by atoms with Gasteiger partial charge in [0, 0.05) is 23.8 Å². The van der Waals surface area contributed by atoms with E-state index < -0.39 is 0 Å². The Bertz CT molecular complexity index is 250. The predicted octanol–water partition coefficient (Wildman–Crippen LogP) is 1.66. The number of pyridine rings is 1. The molecule has 0 atom stereocenters. The number of hydrogen-bond donors (Lipinski definition) is 1. The molecule has 0 aliphatic rings. The average molecular weight is 245 g/mol. The van der Waals surface area contributed by atoms with Crippen molar-refractivity contribution in [1.29, 1.82) is 0 Å². The molecule has 0 fully saturated rings. The Kier molecular flexibility index (Phi) is 4.18. The van der Waals surface area contributed by atoms with Crippen molar-refractivity contribution in [1.82, 2.24) is 4.98 Å². The van der Waals surface area contributed by atoms with Gasteiger partial charge in [-0.2, -0.15) is 0 Å². The summed E-state index contributed by atoms with van der Waals surface area (Å²) in [5.41, 5.74) is 0. The first kappa shape index (κ1) is 10.5. The van der Waals surface area contributed by atoms with Crippen molar-refractivity contribution >= 4 is 21.7 Å². The zero-order valence-corrected chi connectivity index (χ0v) is 9.16. The van der Waals surface area contributed by atoms with Crippen LogP contribution >= 0.6 is 15.9 Å². The van der Waals surface area contributed by atoms with E-state index in [4.69, 9.17) is 5.11 Å². The molecule has 0 amide bonds. The van der Waals surface area contributed by atoms with Crippen LogP contribution in [0.1, 0.15) is 6.92 Å². The molecule has 0 aliphatic carbocycles. The second-order valence-corrected chi connectivity index (χ2v) is 3.55. The minimum atomic E-state index is 0.158. The normalized spacial score (nSPS) is 10.1. The van der Waals surface area contributed by atoms with Gasteiger partial charge in [0.05, 0.1) is 6.61 Å². The second kappa shape index (κ2) is 5.19. The molecule has 0 radical (unpaired) electrons. The van der Waals surface area contributed by atoms with Crippen LogP contribution in [0.4, 0.5) is 5.82 Å². The van der Waals surface area contributed by atoms with Gasteiger partial charge in [-0.05, 0) is 35.0 Å². The fourth-order valence-corrected chi connectivity index (χ4v) is 1.34. The highest BCUT2D eigenvalue weighted by atomic mass is 79.9. The Morgan fingerprint density at radius 1 is 1.54 bits per heavy atom. The summed E-state index contributed by atoms with van der Waals surface area (Å²) in [6.45, 7) is 3.69. The lowest BCUT2D eigenvalue weighted by Gasteiger charge is -2.20. The molecular weight excluding hydrogens is 232 g/mol. The Morgan fingerprint density at radius 3 is 2.77 bits per heavy atom. The van der Waals surface area contributed by atoms with Gasteiger partial charge in [-0.1, -0.05) is 0 Å². The SMILES string of the molecule is CCN(CCO)c1ccc(Br)cn1. The molecule has 3 nitrogen and oxygen atoms in total. The molecular formula is C9H13BrN2O. The largest absolute Gasteiger partial charge is 0.395 e. The number of aliphatic hydroxyl groups excluding tert-OH is 1. The minimum absolute atomic E-state index is 0.158. The molecule has 4 heteroatoms. The number of aliphatic hydroxyl groups is 1. The topological polar surface area (TPSA) is 36.4 Å². The summed E-state index contributed by atoms with van der Waals surface area (Å²) in [5.74, 6) is 0.903. The monoisotopic (exact) mass is 244 g/mol. The summed E-state index contributed by atoms with van der Waals surface area (Å²) < 4.78 is 0.969. The van der Waals surface area contributed by atoms with Crippen LogP contribution < -0.4 is 4.90 Å². The van der Waals surface area contributed by atoms with Crippen LogP contribution in [-0.2, 0) is 0 Å². The molecule has 1 aromatic heterocycles. The third-order valence-corrected chi connectivity index (χ3v) is 2.26. The van der Waals surface area contributed by atoms with Gasteiger partial charge in [0.25, 0.3) is 0 Å². The Hall–Kier alpha value is -0.610. The molecule has 1 heterocycles. The third-order valence-electron chi connectivity index (χ3n) is 1.79. The van der Waals surface area contributed by atoms with Crippen LogP contribution in [0.15, 0.2) is 22.8 Å². The summed E-state index contributed by atoms with van der Waals surface area (Å²) in [6.07, 6.45) is 1.76. The van der Waals surface area contributed by atoms with Gasteiger partial charge in [0.2, 0.25) is 0 Å². The van der Waals surface area contributed by atoms with Crippen LogP contribution in [0, 0.1) is 0 Å². The summed E-state index contributed by atoms with van der Waals surface area (Å²) >= 11 is 3.33. The van der Waals surface area contributed by atoms with Crippen LogP contribution in [0.5, 0.6) is 0 Å². The number of aromatic nitrogens is 1. The van der Waals surface area contributed by atoms with Gasteiger partial charge in [-0.3, -0.25) is 0 Å². The van der Waals surface area contributed by atoms with Crippen LogP contribution in [-0.4, -0.2) is 29.8 Å². The Balaban J connectivity index is 2.73. The first-order chi connectivity index (χ1) is 6.27. The fourth-order valence-electron chi connectivity index (χ4n) is 1.11. The maximum absolute atomic E-state index is 8.80. The smallest absolute Gasteiger partial charge is 0.128 e. The number of likely N-dealkylation sites (N-methyl/N-ethyl adjacent to an activating group) is 1. The standard InChI is InChI=1S/C9H13BrN2O/c1-2-12(5-6-13)9-4-3-8(10)7-11-9/h3-4,7,13H,2,5-6H2,1H3. The van der Waals surface area contributed by atoms with Gasteiger partial charge in [-0.25, -0.2) is 4.98 Å². The molecule has 1 aromatic rings. The Morgan fingerprint density at radius 2 is 2.31 bits per heavy atom. The van der Waals surface area contributed by atoms with Crippen molar-refractivity contribution < 1.29 is 5.11 Å². The lowest BCUT2D eigenvalue weighted by molar-refractivity contribution is 0.302. The van der Waals surface area contributed by atoms with Crippen LogP contribution in [0.25, 0.3) is 0 Å². The summed E-state index contributed by atoms with van der Waals surface area (Å²) in [5, 5.41) is 8.80. The first-order valence-electron chi connectivity index (χ1n) is 4.25. The van der Waals surface area contributed by atoms with Gasteiger partial charge in [0.1, 0.15) is 5.82 Å². The number of anilines is 1. The van der Waals surface area contributed by atoms with Gasteiger partial charge < -0.3 is 10.0 Å². The lowest BCUT2D eigenvalue weighted by atomic mass is 10.4. The van der Waals surface area contributed by atoms with Crippen LogP contribution in [0.3, 0.4) is 0 Å². The van der Waals surface area contributed by atoms with E-state index in [0.717, 1.165) is 16.8 Å². The highest BCUT2D eigenvalue weighted by molar-refractivity contribution is 9.10. The second-order valence-electron chi connectivity index (χ2n) is 2.64. The highest BCUT2D eigenvalue weighted by Crippen LogP contribution is 2.13. The third kappa shape index (κ3) is 2.97. The molecule has 0 saturated heterocycles. The molecule has 0 aromatic carbocycles. The van der Waals surface area contributed by atoms with Crippen LogP contribution in [0.2, 0.25) is 0 Å². The van der Waals surface area contributed by atoms with Crippen molar-refractivity contribution in [3.63, 3.8) is 0 Å². The maximum Gasteiger partial charge on any atom is 0.128 e. The zero-order valence-electron chi connectivity index (χ0n) is 7.57. The molecule has 0 aliphatic heterocycles. The summed E-state index contributed by atoms with van der Waals surface area (Å²) in [7, 11) is 0. The highest BCUT2D eigenvalue weighted by Gasteiger charge is 2.03. The van der Waals surface area contributed by atoms with E-state index in [2.05, 4.69) is 20.9 Å². The zero-order chi connectivity index (χ0) is 9.68. The van der Waals surface area contributed by atoms with Crippen molar-refractivity contribution in [2.45, 2.75) is 6.92 Å². The molecule has 0 bridgehead atoms. The molecule has 0 unspecified atom stereocenters.